The Morgan fingerprint density at radius 2 is 2.06 bits per heavy atom. The fourth-order valence-electron chi connectivity index (χ4n) is 2.02. The van der Waals surface area contributed by atoms with Crippen LogP contribution in [0.25, 0.3) is 0 Å². The van der Waals surface area contributed by atoms with Crippen LogP contribution in [0.1, 0.15) is 39.3 Å². The van der Waals surface area contributed by atoms with Crippen LogP contribution in [0.5, 0.6) is 0 Å². The van der Waals surface area contributed by atoms with Gasteiger partial charge in [-0.1, -0.05) is 20.8 Å². The van der Waals surface area contributed by atoms with Crippen LogP contribution in [0.4, 0.5) is 0 Å². The fraction of sp³-hybridized carbons (Fsp3) is 0.769. The predicted octanol–water partition coefficient (Wildman–Crippen LogP) is 2.02. The van der Waals surface area contributed by atoms with E-state index in [0.717, 1.165) is 6.54 Å². The van der Waals surface area contributed by atoms with E-state index in [4.69, 9.17) is 4.74 Å². The Morgan fingerprint density at radius 3 is 2.65 bits per heavy atom. The minimum atomic E-state index is 0.438. The van der Waals surface area contributed by atoms with Crippen molar-refractivity contribution in [1.82, 2.24) is 15.1 Å². The molecule has 1 N–H and O–H groups in total. The van der Waals surface area contributed by atoms with Gasteiger partial charge in [-0.2, -0.15) is 5.10 Å². The molecule has 0 saturated heterocycles. The summed E-state index contributed by atoms with van der Waals surface area (Å²) in [6.45, 7) is 10.3. The molecule has 0 amide bonds. The minimum Gasteiger partial charge on any atom is -0.383 e. The number of hydrogen-bond donors (Lipinski definition) is 1. The Labute approximate surface area is 104 Å². The molecule has 2 atom stereocenters. The van der Waals surface area contributed by atoms with Crippen LogP contribution in [-0.4, -0.2) is 35.6 Å². The molecule has 0 radical (unpaired) electrons. The van der Waals surface area contributed by atoms with Gasteiger partial charge >= 0.3 is 0 Å². The molecule has 0 saturated carbocycles. The van der Waals surface area contributed by atoms with E-state index >= 15 is 0 Å². The van der Waals surface area contributed by atoms with Gasteiger partial charge in [0, 0.05) is 37.0 Å². The topological polar surface area (TPSA) is 39.1 Å². The van der Waals surface area contributed by atoms with Gasteiger partial charge in [-0.15, -0.1) is 0 Å². The molecule has 0 spiro atoms. The lowest BCUT2D eigenvalue weighted by Gasteiger charge is -2.24. The first-order chi connectivity index (χ1) is 8.06. The van der Waals surface area contributed by atoms with Crippen molar-refractivity contribution in [2.75, 3.05) is 13.7 Å². The Kier molecular flexibility index (Phi) is 5.65. The summed E-state index contributed by atoms with van der Waals surface area (Å²) in [4.78, 5) is 0. The van der Waals surface area contributed by atoms with Crippen molar-refractivity contribution in [3.63, 3.8) is 0 Å². The molecule has 1 rings (SSSR count). The van der Waals surface area contributed by atoms with Crippen LogP contribution in [0.2, 0.25) is 0 Å². The van der Waals surface area contributed by atoms with Crippen molar-refractivity contribution in [3.05, 3.63) is 18.0 Å². The second-order valence-electron chi connectivity index (χ2n) is 4.87. The van der Waals surface area contributed by atoms with E-state index in [1.165, 1.54) is 5.69 Å². The average molecular weight is 239 g/mol. The highest BCUT2D eigenvalue weighted by Gasteiger charge is 2.18. The molecule has 0 fully saturated rings. The molecule has 2 unspecified atom stereocenters. The zero-order chi connectivity index (χ0) is 12.8. The number of nitrogens with zero attached hydrogens (tertiary/aromatic N) is 2. The number of rotatable bonds is 7. The Hall–Kier alpha value is -0.870. The average Bonchev–Trinajstić information content (AvgIpc) is 2.72. The second-order valence-corrected chi connectivity index (χ2v) is 4.87. The first-order valence-electron chi connectivity index (χ1n) is 6.33. The van der Waals surface area contributed by atoms with Crippen LogP contribution in [0, 0.1) is 0 Å². The summed E-state index contributed by atoms with van der Waals surface area (Å²) < 4.78 is 7.13. The van der Waals surface area contributed by atoms with Crippen LogP contribution in [-0.2, 0) is 11.3 Å². The number of hydrogen-bond acceptors (Lipinski definition) is 3. The van der Waals surface area contributed by atoms with Crippen molar-refractivity contribution in [2.45, 2.75) is 52.2 Å². The standard InChI is InChI=1S/C13H25N3O/c1-10(2)15-12(4)11(3)13-6-7-14-16(13)8-9-17-5/h6-7,10-12,15H,8-9H2,1-5H3. The van der Waals surface area contributed by atoms with Gasteiger partial charge in [-0.05, 0) is 13.0 Å². The summed E-state index contributed by atoms with van der Waals surface area (Å²) in [6.07, 6.45) is 1.86. The fourth-order valence-corrected chi connectivity index (χ4v) is 2.02. The van der Waals surface area contributed by atoms with Crippen molar-refractivity contribution in [1.29, 1.82) is 0 Å². The van der Waals surface area contributed by atoms with E-state index in [0.29, 0.717) is 24.6 Å². The molecule has 1 aromatic rings. The van der Waals surface area contributed by atoms with Gasteiger partial charge in [0.25, 0.3) is 0 Å². The van der Waals surface area contributed by atoms with Gasteiger partial charge in [-0.25, -0.2) is 0 Å². The highest BCUT2D eigenvalue weighted by Crippen LogP contribution is 2.19. The Morgan fingerprint density at radius 1 is 1.35 bits per heavy atom. The van der Waals surface area contributed by atoms with Crippen molar-refractivity contribution < 1.29 is 4.74 Å². The monoisotopic (exact) mass is 239 g/mol. The lowest BCUT2D eigenvalue weighted by atomic mass is 9.99. The molecule has 0 aliphatic rings. The summed E-state index contributed by atoms with van der Waals surface area (Å²) in [5.74, 6) is 0.441. The molecular weight excluding hydrogens is 214 g/mol. The third-order valence-electron chi connectivity index (χ3n) is 3.07. The number of nitrogens with one attached hydrogen (secondary N) is 1. The van der Waals surface area contributed by atoms with Gasteiger partial charge < -0.3 is 10.1 Å². The SMILES string of the molecule is COCCn1nccc1C(C)C(C)NC(C)C. The molecule has 0 aromatic carbocycles. The van der Waals surface area contributed by atoms with Crippen molar-refractivity contribution in [3.8, 4) is 0 Å². The molecule has 17 heavy (non-hydrogen) atoms. The van der Waals surface area contributed by atoms with E-state index in [2.05, 4.69) is 44.2 Å². The maximum atomic E-state index is 5.10. The highest BCUT2D eigenvalue weighted by atomic mass is 16.5. The first-order valence-corrected chi connectivity index (χ1v) is 6.33. The van der Waals surface area contributed by atoms with Crippen LogP contribution in [0.3, 0.4) is 0 Å². The molecule has 0 aliphatic carbocycles. The van der Waals surface area contributed by atoms with E-state index in [1.807, 2.05) is 10.9 Å². The van der Waals surface area contributed by atoms with E-state index in [1.54, 1.807) is 7.11 Å². The lowest BCUT2D eigenvalue weighted by Crippen LogP contribution is -2.36. The predicted molar refractivity (Wildman–Crippen MR) is 70.3 cm³/mol. The van der Waals surface area contributed by atoms with Gasteiger partial charge in [-0.3, -0.25) is 4.68 Å². The first kappa shape index (κ1) is 14.2. The lowest BCUT2D eigenvalue weighted by molar-refractivity contribution is 0.181. The molecule has 0 bridgehead atoms. The van der Waals surface area contributed by atoms with E-state index in [9.17, 15) is 0 Å². The highest BCUT2D eigenvalue weighted by molar-refractivity contribution is 5.09. The molecular formula is C13H25N3O. The number of ether oxygens (including phenoxy) is 1. The van der Waals surface area contributed by atoms with Gasteiger partial charge in [0.05, 0.1) is 13.2 Å². The Bertz CT molecular complexity index is 322. The molecule has 4 nitrogen and oxygen atoms in total. The van der Waals surface area contributed by atoms with Gasteiger partial charge in [0.1, 0.15) is 0 Å². The molecule has 0 aliphatic heterocycles. The molecule has 98 valence electrons. The minimum absolute atomic E-state index is 0.438. The zero-order valence-corrected chi connectivity index (χ0v) is 11.6. The maximum absolute atomic E-state index is 5.10. The third kappa shape index (κ3) is 4.13. The van der Waals surface area contributed by atoms with Gasteiger partial charge in [0.15, 0.2) is 0 Å². The maximum Gasteiger partial charge on any atom is 0.0658 e. The second kappa shape index (κ2) is 6.77. The summed E-state index contributed by atoms with van der Waals surface area (Å²) in [7, 11) is 1.72. The smallest absolute Gasteiger partial charge is 0.0658 e. The molecule has 1 heterocycles. The molecule has 4 heteroatoms. The summed E-state index contributed by atoms with van der Waals surface area (Å²) in [5.41, 5.74) is 1.27. The van der Waals surface area contributed by atoms with Crippen molar-refractivity contribution in [2.24, 2.45) is 0 Å². The van der Waals surface area contributed by atoms with Gasteiger partial charge in [0.2, 0.25) is 0 Å². The van der Waals surface area contributed by atoms with Crippen LogP contribution < -0.4 is 5.32 Å². The number of methoxy groups -OCH3 is 1. The zero-order valence-electron chi connectivity index (χ0n) is 11.6. The van der Waals surface area contributed by atoms with Crippen LogP contribution >= 0.6 is 0 Å². The summed E-state index contributed by atoms with van der Waals surface area (Å²) in [5, 5.41) is 7.89. The largest absolute Gasteiger partial charge is 0.383 e. The summed E-state index contributed by atoms with van der Waals surface area (Å²) >= 11 is 0. The van der Waals surface area contributed by atoms with E-state index < -0.39 is 0 Å². The number of aromatic nitrogens is 2. The molecule has 1 aromatic heterocycles. The normalized spacial score (nSPS) is 15.2. The summed E-state index contributed by atoms with van der Waals surface area (Å²) in [6, 6.07) is 3.04. The van der Waals surface area contributed by atoms with Crippen LogP contribution in [0.15, 0.2) is 12.3 Å². The quantitative estimate of drug-likeness (QED) is 0.791. The third-order valence-corrected chi connectivity index (χ3v) is 3.07. The Balaban J connectivity index is 2.67. The van der Waals surface area contributed by atoms with E-state index in [-0.39, 0.29) is 0 Å². The van der Waals surface area contributed by atoms with Crippen molar-refractivity contribution >= 4 is 0 Å².